The minimum Gasteiger partial charge on any atom is -0.478 e. The van der Waals surface area contributed by atoms with Gasteiger partial charge in [0.25, 0.3) is 0 Å². The number of hydrogen-bond acceptors (Lipinski definition) is 2. The van der Waals surface area contributed by atoms with Crippen molar-refractivity contribution >= 4 is 11.9 Å². The molecule has 0 bridgehead atoms. The fourth-order valence-corrected chi connectivity index (χ4v) is 2.24. The number of carboxylic acids is 1. The number of hydrogen-bond donors (Lipinski definition) is 2. The molecule has 0 saturated carbocycles. The van der Waals surface area contributed by atoms with E-state index < -0.39 is 5.97 Å². The Morgan fingerprint density at radius 2 is 1.89 bits per heavy atom. The largest absolute Gasteiger partial charge is 0.478 e. The lowest BCUT2D eigenvalue weighted by atomic mass is 10.0. The van der Waals surface area contributed by atoms with Crippen molar-refractivity contribution in [2.24, 2.45) is 5.92 Å². The Hall–Kier alpha value is -2.10. The van der Waals surface area contributed by atoms with E-state index in [4.69, 9.17) is 5.11 Å². The van der Waals surface area contributed by atoms with Crippen LogP contribution in [0.25, 0.3) is 0 Å². The molecule has 0 unspecified atom stereocenters. The number of carbonyl (C=O) groups excluding carboxylic acids is 1. The molecule has 2 N–H and O–H groups in total. The van der Waals surface area contributed by atoms with Gasteiger partial charge in [-0.05, 0) is 30.9 Å². The van der Waals surface area contributed by atoms with E-state index in [0.29, 0.717) is 18.5 Å². The minimum absolute atomic E-state index is 0.0507. The lowest BCUT2D eigenvalue weighted by Gasteiger charge is -2.11. The third kappa shape index (κ3) is 3.44. The van der Waals surface area contributed by atoms with E-state index in [9.17, 15) is 9.59 Å². The molecule has 1 aromatic rings. The van der Waals surface area contributed by atoms with Crippen LogP contribution in [0.4, 0.5) is 0 Å². The normalized spacial score (nSPS) is 14.5. The molecule has 0 atom stereocenters. The molecule has 0 aromatic heterocycles. The van der Waals surface area contributed by atoms with Gasteiger partial charge >= 0.3 is 5.97 Å². The summed E-state index contributed by atoms with van der Waals surface area (Å²) in [6, 6.07) is 6.88. The maximum atomic E-state index is 11.8. The second-order valence-electron chi connectivity index (χ2n) is 4.64. The van der Waals surface area contributed by atoms with Crippen molar-refractivity contribution in [1.82, 2.24) is 5.32 Å². The van der Waals surface area contributed by atoms with Crippen LogP contribution in [0.5, 0.6) is 0 Å². The molecule has 0 spiro atoms. The molecule has 1 aliphatic carbocycles. The van der Waals surface area contributed by atoms with Crippen molar-refractivity contribution in [2.45, 2.75) is 19.3 Å². The van der Waals surface area contributed by atoms with Crippen LogP contribution in [0.1, 0.15) is 28.8 Å². The first-order chi connectivity index (χ1) is 9.18. The van der Waals surface area contributed by atoms with Crippen molar-refractivity contribution in [3.63, 3.8) is 0 Å². The van der Waals surface area contributed by atoms with Crippen LogP contribution in [0.2, 0.25) is 0 Å². The number of carboxylic acid groups (broad SMARTS) is 1. The summed E-state index contributed by atoms with van der Waals surface area (Å²) in [7, 11) is 0. The lowest BCUT2D eigenvalue weighted by molar-refractivity contribution is -0.124. The standard InChI is InChI=1S/C15H17NO3/c17-14(12-6-1-2-7-12)16-10-9-11-5-3-4-8-13(11)15(18)19/h1-5,8,12H,6-7,9-10H2,(H,16,17)(H,18,19). The Balaban J connectivity index is 1.85. The SMILES string of the molecule is O=C(O)c1ccccc1CCNC(=O)C1CC=CC1. The zero-order valence-electron chi connectivity index (χ0n) is 10.6. The Bertz CT molecular complexity index is 500. The molecule has 0 aliphatic heterocycles. The molecular formula is C15H17NO3. The summed E-state index contributed by atoms with van der Waals surface area (Å²) in [5.74, 6) is -0.825. The van der Waals surface area contributed by atoms with Crippen molar-refractivity contribution in [3.8, 4) is 0 Å². The smallest absolute Gasteiger partial charge is 0.335 e. The molecule has 1 aliphatic rings. The first-order valence-electron chi connectivity index (χ1n) is 6.42. The summed E-state index contributed by atoms with van der Waals surface area (Å²) in [4.78, 5) is 22.8. The van der Waals surface area contributed by atoms with E-state index in [1.807, 2.05) is 18.2 Å². The molecule has 1 aromatic carbocycles. The molecule has 0 saturated heterocycles. The molecule has 100 valence electrons. The third-order valence-electron chi connectivity index (χ3n) is 3.32. The maximum absolute atomic E-state index is 11.8. The first kappa shape index (κ1) is 13.3. The highest BCUT2D eigenvalue weighted by molar-refractivity contribution is 5.89. The average molecular weight is 259 g/mol. The molecule has 2 rings (SSSR count). The molecule has 1 amide bonds. The second-order valence-corrected chi connectivity index (χ2v) is 4.64. The van der Waals surface area contributed by atoms with Crippen LogP contribution < -0.4 is 5.32 Å². The highest BCUT2D eigenvalue weighted by Crippen LogP contribution is 2.17. The highest BCUT2D eigenvalue weighted by Gasteiger charge is 2.18. The predicted molar refractivity (Wildman–Crippen MR) is 72.0 cm³/mol. The number of amides is 1. The van der Waals surface area contributed by atoms with Gasteiger partial charge in [0.2, 0.25) is 5.91 Å². The van der Waals surface area contributed by atoms with Gasteiger partial charge in [0.15, 0.2) is 0 Å². The Labute approximate surface area is 112 Å². The van der Waals surface area contributed by atoms with E-state index in [0.717, 1.165) is 18.4 Å². The van der Waals surface area contributed by atoms with Gasteiger partial charge in [-0.15, -0.1) is 0 Å². The van der Waals surface area contributed by atoms with Crippen LogP contribution in [-0.4, -0.2) is 23.5 Å². The van der Waals surface area contributed by atoms with Gasteiger partial charge in [-0.1, -0.05) is 30.4 Å². The molecule has 4 nitrogen and oxygen atoms in total. The van der Waals surface area contributed by atoms with E-state index in [-0.39, 0.29) is 11.8 Å². The van der Waals surface area contributed by atoms with Crippen molar-refractivity contribution in [2.75, 3.05) is 6.54 Å². The molecular weight excluding hydrogens is 242 g/mol. The number of allylic oxidation sites excluding steroid dienone is 2. The van der Waals surface area contributed by atoms with Crippen molar-refractivity contribution in [1.29, 1.82) is 0 Å². The fourth-order valence-electron chi connectivity index (χ4n) is 2.24. The number of benzene rings is 1. The number of nitrogens with one attached hydrogen (secondary N) is 1. The van der Waals surface area contributed by atoms with Gasteiger partial charge < -0.3 is 10.4 Å². The highest BCUT2D eigenvalue weighted by atomic mass is 16.4. The Kier molecular flexibility index (Phi) is 4.34. The summed E-state index contributed by atoms with van der Waals surface area (Å²) in [6.07, 6.45) is 6.18. The zero-order valence-corrected chi connectivity index (χ0v) is 10.6. The molecule has 0 radical (unpaired) electrons. The summed E-state index contributed by atoms with van der Waals surface area (Å²) in [6.45, 7) is 0.472. The number of aromatic carboxylic acids is 1. The molecule has 0 heterocycles. The quantitative estimate of drug-likeness (QED) is 0.795. The van der Waals surface area contributed by atoms with Crippen molar-refractivity contribution < 1.29 is 14.7 Å². The van der Waals surface area contributed by atoms with Gasteiger partial charge in [-0.25, -0.2) is 4.79 Å². The fraction of sp³-hybridized carbons (Fsp3) is 0.333. The van der Waals surface area contributed by atoms with Gasteiger partial charge in [-0.3, -0.25) is 4.79 Å². The van der Waals surface area contributed by atoms with Crippen LogP contribution >= 0.6 is 0 Å². The topological polar surface area (TPSA) is 66.4 Å². The number of carbonyl (C=O) groups is 2. The minimum atomic E-state index is -0.929. The van der Waals surface area contributed by atoms with E-state index >= 15 is 0 Å². The second kappa shape index (κ2) is 6.18. The van der Waals surface area contributed by atoms with Crippen LogP contribution in [0.15, 0.2) is 36.4 Å². The van der Waals surface area contributed by atoms with Gasteiger partial charge in [-0.2, -0.15) is 0 Å². The predicted octanol–water partition coefficient (Wildman–Crippen LogP) is 2.01. The van der Waals surface area contributed by atoms with Crippen molar-refractivity contribution in [3.05, 3.63) is 47.5 Å². The molecule has 0 fully saturated rings. The monoisotopic (exact) mass is 259 g/mol. The van der Waals surface area contributed by atoms with Gasteiger partial charge in [0, 0.05) is 12.5 Å². The first-order valence-corrected chi connectivity index (χ1v) is 6.42. The van der Waals surface area contributed by atoms with E-state index in [1.165, 1.54) is 0 Å². The summed E-state index contributed by atoms with van der Waals surface area (Å²) in [5, 5.41) is 11.9. The van der Waals surface area contributed by atoms with E-state index in [2.05, 4.69) is 5.32 Å². The third-order valence-corrected chi connectivity index (χ3v) is 3.32. The molecule has 4 heteroatoms. The Morgan fingerprint density at radius 1 is 1.21 bits per heavy atom. The zero-order chi connectivity index (χ0) is 13.7. The van der Waals surface area contributed by atoms with Gasteiger partial charge in [0.05, 0.1) is 5.56 Å². The van der Waals surface area contributed by atoms with E-state index in [1.54, 1.807) is 18.2 Å². The maximum Gasteiger partial charge on any atom is 0.335 e. The van der Waals surface area contributed by atoms with Crippen LogP contribution in [0.3, 0.4) is 0 Å². The van der Waals surface area contributed by atoms with Crippen LogP contribution in [0, 0.1) is 5.92 Å². The number of rotatable bonds is 5. The average Bonchev–Trinajstić information content (AvgIpc) is 2.93. The lowest BCUT2D eigenvalue weighted by Crippen LogP contribution is -2.31. The van der Waals surface area contributed by atoms with Gasteiger partial charge in [0.1, 0.15) is 0 Å². The Morgan fingerprint density at radius 3 is 2.58 bits per heavy atom. The summed E-state index contributed by atoms with van der Waals surface area (Å²) >= 11 is 0. The summed E-state index contributed by atoms with van der Waals surface area (Å²) in [5.41, 5.74) is 1.05. The molecule has 19 heavy (non-hydrogen) atoms. The summed E-state index contributed by atoms with van der Waals surface area (Å²) < 4.78 is 0. The van der Waals surface area contributed by atoms with Crippen LogP contribution in [-0.2, 0) is 11.2 Å².